The summed E-state index contributed by atoms with van der Waals surface area (Å²) in [5.41, 5.74) is 2.55. The second-order valence-corrected chi connectivity index (χ2v) is 6.30. The Morgan fingerprint density at radius 1 is 1.04 bits per heavy atom. The highest BCUT2D eigenvalue weighted by atomic mass is 16.6. The van der Waals surface area contributed by atoms with Gasteiger partial charge in [-0.2, -0.15) is 0 Å². The van der Waals surface area contributed by atoms with Gasteiger partial charge in [-0.15, -0.1) is 0 Å². The summed E-state index contributed by atoms with van der Waals surface area (Å²) in [6.45, 7) is 2.63. The SMILES string of the molecule is O=C(c1cccc([N+](=O)[O-])c1)N1CCN(c2cccc3[nH]ccc23)CC1. The predicted octanol–water partition coefficient (Wildman–Crippen LogP) is 3.04. The molecule has 1 saturated heterocycles. The van der Waals surface area contributed by atoms with Crippen molar-refractivity contribution < 1.29 is 9.72 Å². The van der Waals surface area contributed by atoms with Crippen LogP contribution < -0.4 is 4.90 Å². The lowest BCUT2D eigenvalue weighted by molar-refractivity contribution is -0.384. The molecule has 0 atom stereocenters. The van der Waals surface area contributed by atoms with Gasteiger partial charge < -0.3 is 14.8 Å². The van der Waals surface area contributed by atoms with Gasteiger partial charge in [0.1, 0.15) is 0 Å². The van der Waals surface area contributed by atoms with Crippen LogP contribution in [0.25, 0.3) is 10.9 Å². The maximum absolute atomic E-state index is 12.7. The molecule has 1 N–H and O–H groups in total. The number of aromatic nitrogens is 1. The molecule has 0 spiro atoms. The molecule has 0 radical (unpaired) electrons. The van der Waals surface area contributed by atoms with Crippen LogP contribution in [-0.4, -0.2) is 46.9 Å². The second kappa shape index (κ2) is 6.51. The summed E-state index contributed by atoms with van der Waals surface area (Å²) in [6, 6.07) is 14.1. The van der Waals surface area contributed by atoms with Crippen molar-refractivity contribution in [2.75, 3.05) is 31.1 Å². The Morgan fingerprint density at radius 3 is 2.58 bits per heavy atom. The van der Waals surface area contributed by atoms with Crippen molar-refractivity contribution in [2.45, 2.75) is 0 Å². The van der Waals surface area contributed by atoms with Crippen LogP contribution in [0.5, 0.6) is 0 Å². The first kappa shape index (κ1) is 16.1. The molecule has 1 aliphatic heterocycles. The van der Waals surface area contributed by atoms with Crippen molar-refractivity contribution in [3.05, 3.63) is 70.4 Å². The number of fused-ring (bicyclic) bond motifs is 1. The first-order valence-electron chi connectivity index (χ1n) is 8.48. The molecule has 3 aromatic rings. The summed E-state index contributed by atoms with van der Waals surface area (Å²) < 4.78 is 0. The van der Waals surface area contributed by atoms with Gasteiger partial charge in [-0.3, -0.25) is 14.9 Å². The van der Waals surface area contributed by atoms with Crippen LogP contribution in [0.1, 0.15) is 10.4 Å². The minimum atomic E-state index is -0.480. The van der Waals surface area contributed by atoms with E-state index in [-0.39, 0.29) is 11.6 Å². The second-order valence-electron chi connectivity index (χ2n) is 6.30. The largest absolute Gasteiger partial charge is 0.367 e. The van der Waals surface area contributed by atoms with E-state index in [4.69, 9.17) is 0 Å². The standard InChI is InChI=1S/C19H18N4O3/c24-19(14-3-1-4-15(13-14)23(25)26)22-11-9-21(10-12-22)18-6-2-5-17-16(18)7-8-20-17/h1-8,13,20H,9-12H2. The molecule has 26 heavy (non-hydrogen) atoms. The van der Waals surface area contributed by atoms with E-state index in [1.165, 1.54) is 17.5 Å². The molecule has 1 amide bonds. The molecular weight excluding hydrogens is 332 g/mol. The van der Waals surface area contributed by atoms with Gasteiger partial charge >= 0.3 is 0 Å². The third-order valence-corrected chi connectivity index (χ3v) is 4.78. The molecule has 132 valence electrons. The van der Waals surface area contributed by atoms with Crippen LogP contribution in [0.15, 0.2) is 54.7 Å². The number of nitro benzene ring substituents is 1. The number of carbonyl (C=O) groups excluding carboxylic acids is 1. The van der Waals surface area contributed by atoms with Crippen LogP contribution in [0, 0.1) is 10.1 Å². The smallest absolute Gasteiger partial charge is 0.270 e. The number of nitrogens with one attached hydrogen (secondary N) is 1. The van der Waals surface area contributed by atoms with Gasteiger partial charge in [0.25, 0.3) is 11.6 Å². The number of non-ortho nitro benzene ring substituents is 1. The van der Waals surface area contributed by atoms with E-state index >= 15 is 0 Å². The Kier molecular flexibility index (Phi) is 4.04. The van der Waals surface area contributed by atoms with Crippen LogP contribution in [0.3, 0.4) is 0 Å². The topological polar surface area (TPSA) is 82.5 Å². The van der Waals surface area contributed by atoms with Crippen molar-refractivity contribution in [3.8, 4) is 0 Å². The molecule has 2 heterocycles. The maximum atomic E-state index is 12.7. The van der Waals surface area contributed by atoms with Crippen LogP contribution in [0.2, 0.25) is 0 Å². The normalized spacial score (nSPS) is 14.6. The van der Waals surface area contributed by atoms with Crippen LogP contribution in [0.4, 0.5) is 11.4 Å². The number of hydrogen-bond donors (Lipinski definition) is 1. The van der Waals surface area contributed by atoms with E-state index in [2.05, 4.69) is 22.0 Å². The first-order valence-corrected chi connectivity index (χ1v) is 8.48. The van der Waals surface area contributed by atoms with E-state index in [1.54, 1.807) is 17.0 Å². The number of amides is 1. The zero-order chi connectivity index (χ0) is 18.1. The Balaban J connectivity index is 1.48. The number of aromatic amines is 1. The van der Waals surface area contributed by atoms with Crippen molar-refractivity contribution in [2.24, 2.45) is 0 Å². The lowest BCUT2D eigenvalue weighted by Gasteiger charge is -2.36. The van der Waals surface area contributed by atoms with Gasteiger partial charge in [0, 0.05) is 66.7 Å². The molecule has 2 aromatic carbocycles. The lowest BCUT2D eigenvalue weighted by atomic mass is 10.1. The van der Waals surface area contributed by atoms with Gasteiger partial charge in [0.05, 0.1) is 4.92 Å². The average molecular weight is 350 g/mol. The monoisotopic (exact) mass is 350 g/mol. The number of rotatable bonds is 3. The van der Waals surface area contributed by atoms with Crippen molar-refractivity contribution >= 4 is 28.2 Å². The summed E-state index contributed by atoms with van der Waals surface area (Å²) in [7, 11) is 0. The summed E-state index contributed by atoms with van der Waals surface area (Å²) >= 11 is 0. The maximum Gasteiger partial charge on any atom is 0.270 e. The van der Waals surface area contributed by atoms with E-state index in [0.717, 1.165) is 24.3 Å². The van der Waals surface area contributed by atoms with E-state index < -0.39 is 4.92 Å². The zero-order valence-electron chi connectivity index (χ0n) is 14.1. The van der Waals surface area contributed by atoms with E-state index in [0.29, 0.717) is 18.7 Å². The molecule has 1 fully saturated rings. The van der Waals surface area contributed by atoms with Gasteiger partial charge in [-0.25, -0.2) is 0 Å². The number of nitro groups is 1. The fraction of sp³-hybridized carbons (Fsp3) is 0.211. The molecule has 0 unspecified atom stereocenters. The van der Waals surface area contributed by atoms with Crippen molar-refractivity contribution in [1.82, 2.24) is 9.88 Å². The third kappa shape index (κ3) is 2.88. The van der Waals surface area contributed by atoms with Gasteiger partial charge in [0.2, 0.25) is 0 Å². The zero-order valence-corrected chi connectivity index (χ0v) is 14.1. The molecular formula is C19H18N4O3. The molecule has 0 bridgehead atoms. The van der Waals surface area contributed by atoms with E-state index in [1.807, 2.05) is 18.3 Å². The quantitative estimate of drug-likeness (QED) is 0.581. The first-order chi connectivity index (χ1) is 12.6. The molecule has 0 aliphatic carbocycles. The average Bonchev–Trinajstić information content (AvgIpc) is 3.16. The number of benzene rings is 2. The highest BCUT2D eigenvalue weighted by molar-refractivity contribution is 5.95. The summed E-state index contributed by atoms with van der Waals surface area (Å²) in [4.78, 5) is 30.3. The van der Waals surface area contributed by atoms with Gasteiger partial charge in [-0.1, -0.05) is 12.1 Å². The Labute approximate surface area is 150 Å². The fourth-order valence-corrected chi connectivity index (χ4v) is 3.43. The summed E-state index contributed by atoms with van der Waals surface area (Å²) in [5, 5.41) is 12.1. The molecule has 1 aromatic heterocycles. The summed E-state index contributed by atoms with van der Waals surface area (Å²) in [6.07, 6.45) is 1.93. The highest BCUT2D eigenvalue weighted by Crippen LogP contribution is 2.27. The van der Waals surface area contributed by atoms with Crippen molar-refractivity contribution in [3.63, 3.8) is 0 Å². The third-order valence-electron chi connectivity index (χ3n) is 4.78. The van der Waals surface area contributed by atoms with Gasteiger partial charge in [-0.05, 0) is 24.3 Å². The molecule has 0 saturated carbocycles. The van der Waals surface area contributed by atoms with Gasteiger partial charge in [0.15, 0.2) is 0 Å². The van der Waals surface area contributed by atoms with Crippen molar-refractivity contribution in [1.29, 1.82) is 0 Å². The minimum absolute atomic E-state index is 0.0615. The predicted molar refractivity (Wildman–Crippen MR) is 99.5 cm³/mol. The highest BCUT2D eigenvalue weighted by Gasteiger charge is 2.24. The fourth-order valence-electron chi connectivity index (χ4n) is 3.43. The minimum Gasteiger partial charge on any atom is -0.367 e. The number of carbonyl (C=O) groups is 1. The number of piperazine rings is 1. The Morgan fingerprint density at radius 2 is 1.81 bits per heavy atom. The Hall–Kier alpha value is -3.35. The number of nitrogens with zero attached hydrogens (tertiary/aromatic N) is 3. The molecule has 7 nitrogen and oxygen atoms in total. The lowest BCUT2D eigenvalue weighted by Crippen LogP contribution is -2.48. The molecule has 7 heteroatoms. The Bertz CT molecular complexity index is 974. The number of hydrogen-bond acceptors (Lipinski definition) is 4. The van der Waals surface area contributed by atoms with Crippen LogP contribution in [-0.2, 0) is 0 Å². The summed E-state index contributed by atoms with van der Waals surface area (Å²) in [5.74, 6) is -0.159. The van der Waals surface area contributed by atoms with E-state index in [9.17, 15) is 14.9 Å². The van der Waals surface area contributed by atoms with Crippen LogP contribution >= 0.6 is 0 Å². The molecule has 1 aliphatic rings. The number of H-pyrrole nitrogens is 1. The number of anilines is 1. The molecule has 4 rings (SSSR count).